The number of fused-ring (bicyclic) bond motifs is 1. The van der Waals surface area contributed by atoms with E-state index in [-0.39, 0.29) is 11.6 Å². The average Bonchev–Trinajstić information content (AvgIpc) is 2.46. The average molecular weight is 244 g/mol. The largest absolute Gasteiger partial charge is 0.314 e. The van der Waals surface area contributed by atoms with Gasteiger partial charge in [0.15, 0.2) is 11.6 Å². The van der Waals surface area contributed by atoms with Gasteiger partial charge in [0.1, 0.15) is 0 Å². The van der Waals surface area contributed by atoms with E-state index in [2.05, 4.69) is 10.6 Å². The highest BCUT2D eigenvalue weighted by molar-refractivity contribution is 6.21. The molecule has 0 aromatic heterocycles. The molecule has 3 rings (SSSR count). The summed E-state index contributed by atoms with van der Waals surface area (Å²) in [5.74, 6) is -0.185. The predicted molar refractivity (Wildman–Crippen MR) is 70.0 cm³/mol. The minimum Gasteiger partial charge on any atom is -0.314 e. The highest BCUT2D eigenvalue weighted by Crippen LogP contribution is 2.15. The van der Waals surface area contributed by atoms with Gasteiger partial charge in [-0.1, -0.05) is 24.3 Å². The third-order valence-corrected chi connectivity index (χ3v) is 2.80. The van der Waals surface area contributed by atoms with Crippen molar-refractivity contribution < 1.29 is 9.59 Å². The summed E-state index contributed by atoms with van der Waals surface area (Å²) in [6, 6.07) is 6.84. The fourth-order valence-electron chi connectivity index (χ4n) is 1.85. The second kappa shape index (κ2) is 6.23. The van der Waals surface area contributed by atoms with Gasteiger partial charge in [-0.2, -0.15) is 0 Å². The van der Waals surface area contributed by atoms with Crippen molar-refractivity contribution in [3.63, 3.8) is 0 Å². The quantitative estimate of drug-likeness (QED) is 0.709. The van der Waals surface area contributed by atoms with Crippen molar-refractivity contribution in [2.45, 2.75) is 0 Å². The molecule has 0 radical (unpaired) electrons. The van der Waals surface area contributed by atoms with Gasteiger partial charge in [-0.15, -0.1) is 0 Å². The number of carbonyl (C=O) groups is 2. The van der Waals surface area contributed by atoms with E-state index in [1.165, 1.54) is 12.2 Å². The van der Waals surface area contributed by atoms with E-state index in [0.717, 1.165) is 26.2 Å². The first kappa shape index (κ1) is 12.7. The normalized spacial score (nSPS) is 17.8. The molecule has 1 aliphatic carbocycles. The molecule has 4 nitrogen and oxygen atoms in total. The Bertz CT molecular complexity index is 428. The van der Waals surface area contributed by atoms with Gasteiger partial charge >= 0.3 is 0 Å². The van der Waals surface area contributed by atoms with Crippen LogP contribution >= 0.6 is 0 Å². The second-order valence-corrected chi connectivity index (χ2v) is 4.11. The van der Waals surface area contributed by atoms with Gasteiger partial charge in [-0.3, -0.25) is 9.59 Å². The molecule has 0 spiro atoms. The molecule has 94 valence electrons. The zero-order chi connectivity index (χ0) is 12.8. The molecule has 18 heavy (non-hydrogen) atoms. The molecule has 0 atom stereocenters. The number of hydrogen-bond acceptors (Lipinski definition) is 4. The topological polar surface area (TPSA) is 58.2 Å². The van der Waals surface area contributed by atoms with Crippen LogP contribution in [0.3, 0.4) is 0 Å². The molecule has 1 aliphatic heterocycles. The summed E-state index contributed by atoms with van der Waals surface area (Å²) in [4.78, 5) is 22.4. The van der Waals surface area contributed by atoms with Crippen molar-refractivity contribution in [2.24, 2.45) is 0 Å². The Morgan fingerprint density at radius 1 is 0.722 bits per heavy atom. The Balaban J connectivity index is 0.000000169. The molecule has 0 bridgehead atoms. The fourth-order valence-corrected chi connectivity index (χ4v) is 1.85. The SMILES string of the molecule is C1CNCCN1.O=C1C=CC(=O)c2ccccc21. The number of rotatable bonds is 0. The van der Waals surface area contributed by atoms with E-state index in [0.29, 0.717) is 11.1 Å². The molecule has 0 saturated carbocycles. The molecule has 0 amide bonds. The first-order valence-electron chi connectivity index (χ1n) is 6.06. The smallest absolute Gasteiger partial charge is 0.186 e. The zero-order valence-corrected chi connectivity index (χ0v) is 10.1. The lowest BCUT2D eigenvalue weighted by molar-refractivity contribution is 0.0994. The monoisotopic (exact) mass is 244 g/mol. The van der Waals surface area contributed by atoms with Gasteiger partial charge in [0, 0.05) is 37.3 Å². The minimum absolute atomic E-state index is 0.0924. The number of allylic oxidation sites excluding steroid dienone is 2. The first-order chi connectivity index (χ1) is 8.79. The van der Waals surface area contributed by atoms with Gasteiger partial charge in [-0.05, 0) is 12.2 Å². The maximum Gasteiger partial charge on any atom is 0.186 e. The summed E-state index contributed by atoms with van der Waals surface area (Å²) in [6.45, 7) is 4.56. The van der Waals surface area contributed by atoms with E-state index in [1.807, 2.05) is 0 Å². The van der Waals surface area contributed by atoms with E-state index >= 15 is 0 Å². The fraction of sp³-hybridized carbons (Fsp3) is 0.286. The minimum atomic E-state index is -0.0924. The summed E-state index contributed by atoms with van der Waals surface area (Å²) < 4.78 is 0. The highest BCUT2D eigenvalue weighted by Gasteiger charge is 2.16. The Hall–Kier alpha value is -1.78. The molecule has 1 heterocycles. The van der Waals surface area contributed by atoms with Gasteiger partial charge in [0.2, 0.25) is 0 Å². The molecule has 0 unspecified atom stereocenters. The zero-order valence-electron chi connectivity index (χ0n) is 10.1. The van der Waals surface area contributed by atoms with Crippen molar-refractivity contribution in [1.82, 2.24) is 10.6 Å². The maximum atomic E-state index is 11.2. The third-order valence-electron chi connectivity index (χ3n) is 2.80. The van der Waals surface area contributed by atoms with Crippen LogP contribution in [0.5, 0.6) is 0 Å². The predicted octanol–water partition coefficient (Wildman–Crippen LogP) is 0.801. The summed E-state index contributed by atoms with van der Waals surface area (Å²) in [7, 11) is 0. The van der Waals surface area contributed by atoms with E-state index in [1.54, 1.807) is 24.3 Å². The maximum absolute atomic E-state index is 11.2. The molecule has 1 fully saturated rings. The van der Waals surface area contributed by atoms with Crippen LogP contribution in [0.1, 0.15) is 20.7 Å². The van der Waals surface area contributed by atoms with Crippen LogP contribution in [0.15, 0.2) is 36.4 Å². The Morgan fingerprint density at radius 3 is 1.44 bits per heavy atom. The molecule has 2 aliphatic rings. The van der Waals surface area contributed by atoms with Crippen LogP contribution < -0.4 is 10.6 Å². The standard InChI is InChI=1S/C10H6O2.C4H10N2/c11-9-5-6-10(12)8-4-2-1-3-7(8)9;1-2-6-4-3-5-1/h1-6H;5-6H,1-4H2. The first-order valence-corrected chi connectivity index (χ1v) is 6.06. The summed E-state index contributed by atoms with van der Waals surface area (Å²) in [6.07, 6.45) is 2.62. The molecular weight excluding hydrogens is 228 g/mol. The third kappa shape index (κ3) is 3.12. The second-order valence-electron chi connectivity index (χ2n) is 4.11. The number of carbonyl (C=O) groups excluding carboxylic acids is 2. The van der Waals surface area contributed by atoms with Crippen molar-refractivity contribution in [3.8, 4) is 0 Å². The van der Waals surface area contributed by atoms with Crippen LogP contribution in [-0.4, -0.2) is 37.7 Å². The van der Waals surface area contributed by atoms with Crippen LogP contribution in [0.25, 0.3) is 0 Å². The Labute approximate surface area is 106 Å². The van der Waals surface area contributed by atoms with E-state index in [9.17, 15) is 9.59 Å². The summed E-state index contributed by atoms with van der Waals surface area (Å²) >= 11 is 0. The van der Waals surface area contributed by atoms with Crippen molar-refractivity contribution in [1.29, 1.82) is 0 Å². The van der Waals surface area contributed by atoms with Crippen LogP contribution in [0.4, 0.5) is 0 Å². The van der Waals surface area contributed by atoms with Crippen molar-refractivity contribution in [2.75, 3.05) is 26.2 Å². The molecule has 1 saturated heterocycles. The lowest BCUT2D eigenvalue weighted by Crippen LogP contribution is -2.39. The summed E-state index contributed by atoms with van der Waals surface area (Å²) in [5, 5.41) is 6.44. The number of nitrogens with one attached hydrogen (secondary N) is 2. The van der Waals surface area contributed by atoms with Crippen LogP contribution in [-0.2, 0) is 0 Å². The lowest BCUT2D eigenvalue weighted by atomic mass is 9.95. The molecule has 4 heteroatoms. The summed E-state index contributed by atoms with van der Waals surface area (Å²) in [5.41, 5.74) is 1.01. The molecule has 2 N–H and O–H groups in total. The lowest BCUT2D eigenvalue weighted by Gasteiger charge is -2.11. The number of ketones is 2. The van der Waals surface area contributed by atoms with Crippen molar-refractivity contribution in [3.05, 3.63) is 47.5 Å². The van der Waals surface area contributed by atoms with Gasteiger partial charge in [0.05, 0.1) is 0 Å². The highest BCUT2D eigenvalue weighted by atomic mass is 16.1. The molecular formula is C14H16N2O2. The Morgan fingerprint density at radius 2 is 1.11 bits per heavy atom. The van der Waals surface area contributed by atoms with E-state index < -0.39 is 0 Å². The molecule has 1 aromatic carbocycles. The van der Waals surface area contributed by atoms with Crippen LogP contribution in [0.2, 0.25) is 0 Å². The van der Waals surface area contributed by atoms with Gasteiger partial charge in [0.25, 0.3) is 0 Å². The number of benzene rings is 1. The number of hydrogen-bond donors (Lipinski definition) is 2. The van der Waals surface area contributed by atoms with Crippen molar-refractivity contribution >= 4 is 11.6 Å². The molecule has 1 aromatic rings. The Kier molecular flexibility index (Phi) is 4.39. The number of piperazine rings is 1. The van der Waals surface area contributed by atoms with E-state index in [4.69, 9.17) is 0 Å². The van der Waals surface area contributed by atoms with Crippen LogP contribution in [0, 0.1) is 0 Å². The van der Waals surface area contributed by atoms with Gasteiger partial charge < -0.3 is 10.6 Å². The van der Waals surface area contributed by atoms with Gasteiger partial charge in [-0.25, -0.2) is 0 Å².